The molecule has 1 saturated heterocycles. The summed E-state index contributed by atoms with van der Waals surface area (Å²) in [5, 5.41) is 30.4. The average Bonchev–Trinajstić information content (AvgIpc) is 3.10. The number of hydrogen-bond donors (Lipinski definition) is 5. The Balaban J connectivity index is 0.000000323. The molecular formula is C26H37NO5S. The zero-order valence-electron chi connectivity index (χ0n) is 19.5. The second-order valence-corrected chi connectivity index (χ2v) is 10.6. The molecule has 0 spiro atoms. The minimum Gasteiger partial charge on any atom is -0.459 e. The molecule has 182 valence electrons. The molecule has 0 bridgehead atoms. The molecule has 3 fully saturated rings. The van der Waals surface area contributed by atoms with Crippen LogP contribution in [0.2, 0.25) is 0 Å². The number of carbonyl (C=O) groups excluding carboxylic acids is 1. The summed E-state index contributed by atoms with van der Waals surface area (Å²) in [6, 6.07) is 7.47. The van der Waals surface area contributed by atoms with E-state index in [-0.39, 0.29) is 30.5 Å². The summed E-state index contributed by atoms with van der Waals surface area (Å²) >= 11 is 4.07. The molecule has 33 heavy (non-hydrogen) atoms. The van der Waals surface area contributed by atoms with E-state index >= 15 is 0 Å². The van der Waals surface area contributed by atoms with Crippen LogP contribution in [-0.2, 0) is 9.53 Å². The fourth-order valence-electron chi connectivity index (χ4n) is 6.05. The van der Waals surface area contributed by atoms with Gasteiger partial charge in [0.2, 0.25) is 0 Å². The third-order valence-corrected chi connectivity index (χ3v) is 8.58. The van der Waals surface area contributed by atoms with Crippen molar-refractivity contribution in [2.24, 2.45) is 22.7 Å². The number of anilines is 1. The summed E-state index contributed by atoms with van der Waals surface area (Å²) in [5.74, 6) is -0.0734. The Bertz CT molecular complexity index is 897. The Morgan fingerprint density at radius 1 is 1.27 bits per heavy atom. The van der Waals surface area contributed by atoms with Crippen molar-refractivity contribution in [3.8, 4) is 0 Å². The monoisotopic (exact) mass is 475 g/mol. The van der Waals surface area contributed by atoms with Crippen molar-refractivity contribution in [1.29, 1.82) is 0 Å². The second kappa shape index (κ2) is 10.2. The van der Waals surface area contributed by atoms with Gasteiger partial charge in [-0.2, -0.15) is 0 Å². The molecular weight excluding hydrogens is 438 g/mol. The number of aliphatic hydroxyl groups is 3. The van der Waals surface area contributed by atoms with Gasteiger partial charge in [0.1, 0.15) is 12.7 Å². The number of cyclic esters (lactones) is 1. The molecule has 0 amide bonds. The van der Waals surface area contributed by atoms with Gasteiger partial charge in [-0.05, 0) is 61.5 Å². The highest BCUT2D eigenvalue weighted by Gasteiger charge is 2.57. The molecule has 1 aromatic carbocycles. The number of esters is 1. The van der Waals surface area contributed by atoms with E-state index in [1.54, 1.807) is 0 Å². The third kappa shape index (κ3) is 5.02. The number of nitrogens with two attached hydrogens (primary N) is 1. The van der Waals surface area contributed by atoms with Crippen molar-refractivity contribution >= 4 is 24.3 Å². The fourth-order valence-corrected chi connectivity index (χ4v) is 6.21. The lowest BCUT2D eigenvalue weighted by molar-refractivity contribution is -0.151. The van der Waals surface area contributed by atoms with E-state index < -0.39 is 23.6 Å². The van der Waals surface area contributed by atoms with Crippen LogP contribution in [0.1, 0.15) is 46.0 Å². The minimum atomic E-state index is -0.844. The fraction of sp³-hybridized carbons (Fsp3) is 0.577. The molecule has 5 N–H and O–H groups in total. The van der Waals surface area contributed by atoms with Gasteiger partial charge in [-0.15, -0.1) is 12.6 Å². The molecule has 7 heteroatoms. The Labute approximate surface area is 201 Å². The van der Waals surface area contributed by atoms with Crippen LogP contribution in [0.25, 0.3) is 0 Å². The van der Waals surface area contributed by atoms with Gasteiger partial charge in [-0.1, -0.05) is 44.2 Å². The first kappa shape index (κ1) is 25.8. The first-order valence-corrected chi connectivity index (χ1v) is 12.0. The molecule has 6 atom stereocenters. The number of benzene rings is 1. The van der Waals surface area contributed by atoms with E-state index in [9.17, 15) is 20.1 Å². The van der Waals surface area contributed by atoms with Gasteiger partial charge in [-0.3, -0.25) is 0 Å². The Kier molecular flexibility index (Phi) is 7.99. The Hall–Kier alpha value is -1.80. The largest absolute Gasteiger partial charge is 0.459 e. The SMILES string of the molecule is C=C1CC[C@@H]2C(C)(CO)[C@H](O)CC[C@@]2(C)[C@@H]1C/C=C1/C(=O)OCC1O.Nc1ccccc1S. The maximum absolute atomic E-state index is 11.8. The van der Waals surface area contributed by atoms with Crippen LogP contribution in [0.15, 0.2) is 53.0 Å². The maximum atomic E-state index is 11.8. The molecule has 1 heterocycles. The van der Waals surface area contributed by atoms with Gasteiger partial charge in [0.05, 0.1) is 18.3 Å². The molecule has 2 saturated carbocycles. The van der Waals surface area contributed by atoms with Crippen molar-refractivity contribution in [3.63, 3.8) is 0 Å². The normalized spacial score (nSPS) is 37.2. The summed E-state index contributed by atoms with van der Waals surface area (Å²) in [7, 11) is 0. The number of ether oxygens (including phenoxy) is 1. The molecule has 2 unspecified atom stereocenters. The number of allylic oxidation sites excluding steroid dienone is 2. The van der Waals surface area contributed by atoms with E-state index in [0.717, 1.165) is 35.4 Å². The van der Waals surface area contributed by atoms with Crippen molar-refractivity contribution in [2.75, 3.05) is 18.9 Å². The van der Waals surface area contributed by atoms with Gasteiger partial charge in [0.15, 0.2) is 0 Å². The summed E-state index contributed by atoms with van der Waals surface area (Å²) in [5.41, 5.74) is 7.09. The molecule has 2 aliphatic carbocycles. The maximum Gasteiger partial charge on any atom is 0.336 e. The Morgan fingerprint density at radius 2 is 1.97 bits per heavy atom. The zero-order valence-corrected chi connectivity index (χ0v) is 20.4. The Morgan fingerprint density at radius 3 is 2.52 bits per heavy atom. The van der Waals surface area contributed by atoms with E-state index in [2.05, 4.69) is 26.1 Å². The summed E-state index contributed by atoms with van der Waals surface area (Å²) in [6.07, 6.45) is 4.42. The quantitative estimate of drug-likeness (QED) is 0.150. The van der Waals surface area contributed by atoms with Crippen molar-refractivity contribution in [3.05, 3.63) is 48.1 Å². The first-order chi connectivity index (χ1) is 15.5. The number of rotatable bonds is 3. The van der Waals surface area contributed by atoms with Crippen molar-refractivity contribution in [1.82, 2.24) is 0 Å². The number of hydrogen-bond acceptors (Lipinski definition) is 7. The van der Waals surface area contributed by atoms with Gasteiger partial charge in [0, 0.05) is 16.0 Å². The van der Waals surface area contributed by atoms with Crippen LogP contribution in [-0.4, -0.2) is 46.7 Å². The predicted molar refractivity (Wildman–Crippen MR) is 132 cm³/mol. The van der Waals surface area contributed by atoms with E-state index in [0.29, 0.717) is 18.4 Å². The predicted octanol–water partition coefficient (Wildman–Crippen LogP) is 3.52. The number of aliphatic hydroxyl groups excluding tert-OH is 3. The van der Waals surface area contributed by atoms with Gasteiger partial charge < -0.3 is 25.8 Å². The minimum absolute atomic E-state index is 0.0280. The molecule has 0 aromatic heterocycles. The third-order valence-electron chi connectivity index (χ3n) is 8.17. The van der Waals surface area contributed by atoms with E-state index in [1.807, 2.05) is 37.3 Å². The second-order valence-electron chi connectivity index (χ2n) is 10.1. The molecule has 6 nitrogen and oxygen atoms in total. The molecule has 3 aliphatic rings. The van der Waals surface area contributed by atoms with Gasteiger partial charge in [0.25, 0.3) is 0 Å². The number of carbonyl (C=O) groups is 1. The summed E-state index contributed by atoms with van der Waals surface area (Å²) < 4.78 is 4.90. The van der Waals surface area contributed by atoms with E-state index in [4.69, 9.17) is 10.5 Å². The standard InChI is InChI=1S/C20H30O5.C6H7NS/c1-12-4-7-16-19(2,9-8-17(23)20(16,3)11-21)14(12)6-5-13-15(22)10-25-18(13)24;7-5-3-1-2-4-6(5)8/h5,14-17,21-23H,1,4,6-11H2,2-3H3;1-4,8H,7H2/b13-5+;/t14-,15?,16+,17-,19+,20?;/m1./s1. The van der Waals surface area contributed by atoms with Gasteiger partial charge in [-0.25, -0.2) is 4.79 Å². The summed E-state index contributed by atoms with van der Waals surface area (Å²) in [6.45, 7) is 8.50. The van der Waals surface area contributed by atoms with Crippen LogP contribution >= 0.6 is 12.6 Å². The van der Waals surface area contributed by atoms with E-state index in [1.165, 1.54) is 0 Å². The average molecular weight is 476 g/mol. The van der Waals surface area contributed by atoms with Crippen molar-refractivity contribution < 1.29 is 24.9 Å². The lowest BCUT2D eigenvalue weighted by atomic mass is 9.46. The lowest BCUT2D eigenvalue weighted by Gasteiger charge is -2.59. The highest BCUT2D eigenvalue weighted by molar-refractivity contribution is 7.80. The smallest absolute Gasteiger partial charge is 0.336 e. The van der Waals surface area contributed by atoms with Gasteiger partial charge >= 0.3 is 5.97 Å². The van der Waals surface area contributed by atoms with Crippen LogP contribution in [0.5, 0.6) is 0 Å². The molecule has 0 radical (unpaired) electrons. The highest BCUT2D eigenvalue weighted by Crippen LogP contribution is 2.61. The van der Waals surface area contributed by atoms with Crippen LogP contribution < -0.4 is 5.73 Å². The van der Waals surface area contributed by atoms with Crippen LogP contribution in [0, 0.1) is 22.7 Å². The molecule has 1 aromatic rings. The number of fused-ring (bicyclic) bond motifs is 1. The molecule has 4 rings (SSSR count). The zero-order chi connectivity index (χ0) is 24.4. The molecule has 1 aliphatic heterocycles. The highest BCUT2D eigenvalue weighted by atomic mass is 32.1. The lowest BCUT2D eigenvalue weighted by Crippen LogP contribution is -2.57. The summed E-state index contributed by atoms with van der Waals surface area (Å²) in [4.78, 5) is 12.6. The number of para-hydroxylation sites is 1. The number of nitrogen functional groups attached to an aromatic ring is 1. The first-order valence-electron chi connectivity index (χ1n) is 11.6. The van der Waals surface area contributed by atoms with Crippen molar-refractivity contribution in [2.45, 2.75) is 63.1 Å². The topological polar surface area (TPSA) is 113 Å². The number of thiol groups is 1. The van der Waals surface area contributed by atoms with Crippen LogP contribution in [0.3, 0.4) is 0 Å². The van der Waals surface area contributed by atoms with Crippen LogP contribution in [0.4, 0.5) is 5.69 Å².